The molecule has 116 valence electrons. The van der Waals surface area contributed by atoms with Gasteiger partial charge in [-0.1, -0.05) is 19.9 Å². The zero-order valence-corrected chi connectivity index (χ0v) is 13.2. The van der Waals surface area contributed by atoms with E-state index in [1.165, 1.54) is 11.1 Å². The first-order valence-corrected chi connectivity index (χ1v) is 7.76. The van der Waals surface area contributed by atoms with Crippen LogP contribution in [0.5, 0.6) is 5.75 Å². The standard InChI is InChI=1S/C17H26N2O2/c1-12(2)10-18-17(21)11-19(3)16-6-4-5-13-9-14(20)7-8-15(13)16/h7-9,12,16,20H,4-6,10-11H2,1-3H3,(H,18,21). The van der Waals surface area contributed by atoms with Crippen molar-refractivity contribution in [2.45, 2.75) is 39.2 Å². The molecule has 1 aromatic carbocycles. The molecule has 0 radical (unpaired) electrons. The molecule has 0 fully saturated rings. The maximum absolute atomic E-state index is 12.0. The minimum atomic E-state index is 0.0806. The number of nitrogens with one attached hydrogen (secondary N) is 1. The monoisotopic (exact) mass is 290 g/mol. The van der Waals surface area contributed by atoms with Gasteiger partial charge in [0.25, 0.3) is 0 Å². The summed E-state index contributed by atoms with van der Waals surface area (Å²) in [6.45, 7) is 5.32. The Hall–Kier alpha value is -1.55. The molecule has 1 aliphatic rings. The van der Waals surface area contributed by atoms with E-state index < -0.39 is 0 Å². The fraction of sp³-hybridized carbons (Fsp3) is 0.588. The number of likely N-dealkylation sites (N-methyl/N-ethyl adjacent to an activating group) is 1. The van der Waals surface area contributed by atoms with Crippen LogP contribution in [0.2, 0.25) is 0 Å². The Balaban J connectivity index is 2.01. The number of rotatable bonds is 5. The van der Waals surface area contributed by atoms with Gasteiger partial charge in [0.15, 0.2) is 0 Å². The van der Waals surface area contributed by atoms with E-state index in [1.54, 1.807) is 6.07 Å². The van der Waals surface area contributed by atoms with Gasteiger partial charge >= 0.3 is 0 Å². The number of carbonyl (C=O) groups is 1. The number of phenolic OH excluding ortho intramolecular Hbond substituents is 1. The minimum absolute atomic E-state index is 0.0806. The molecule has 0 heterocycles. The highest BCUT2D eigenvalue weighted by Crippen LogP contribution is 2.34. The lowest BCUT2D eigenvalue weighted by atomic mass is 9.87. The van der Waals surface area contributed by atoms with Crippen molar-refractivity contribution in [3.8, 4) is 5.75 Å². The van der Waals surface area contributed by atoms with Crippen LogP contribution >= 0.6 is 0 Å². The Morgan fingerprint density at radius 3 is 2.95 bits per heavy atom. The van der Waals surface area contributed by atoms with Crippen LogP contribution in [0.25, 0.3) is 0 Å². The zero-order chi connectivity index (χ0) is 15.4. The maximum Gasteiger partial charge on any atom is 0.234 e. The molecule has 1 atom stereocenters. The molecule has 4 heteroatoms. The van der Waals surface area contributed by atoms with Crippen molar-refractivity contribution in [3.63, 3.8) is 0 Å². The lowest BCUT2D eigenvalue weighted by Crippen LogP contribution is -2.39. The molecule has 1 amide bonds. The normalized spacial score (nSPS) is 17.9. The first-order chi connectivity index (χ1) is 9.97. The summed E-state index contributed by atoms with van der Waals surface area (Å²) < 4.78 is 0. The summed E-state index contributed by atoms with van der Waals surface area (Å²) in [5, 5.41) is 12.6. The highest BCUT2D eigenvalue weighted by molar-refractivity contribution is 5.78. The number of aromatic hydroxyl groups is 1. The first kappa shape index (κ1) is 15.8. The predicted molar refractivity (Wildman–Crippen MR) is 84.3 cm³/mol. The Bertz CT molecular complexity index is 500. The van der Waals surface area contributed by atoms with Gasteiger partial charge < -0.3 is 10.4 Å². The van der Waals surface area contributed by atoms with Gasteiger partial charge in [0.2, 0.25) is 5.91 Å². The lowest BCUT2D eigenvalue weighted by Gasteiger charge is -2.33. The third-order valence-corrected chi connectivity index (χ3v) is 4.04. The molecule has 4 nitrogen and oxygen atoms in total. The first-order valence-electron chi connectivity index (χ1n) is 7.76. The number of benzene rings is 1. The van der Waals surface area contributed by atoms with Gasteiger partial charge in [-0.05, 0) is 55.5 Å². The van der Waals surface area contributed by atoms with E-state index in [4.69, 9.17) is 0 Å². The van der Waals surface area contributed by atoms with E-state index in [2.05, 4.69) is 24.1 Å². The van der Waals surface area contributed by atoms with Crippen molar-refractivity contribution >= 4 is 5.91 Å². The Kier molecular flexibility index (Phi) is 5.23. The number of phenols is 1. The molecule has 1 aliphatic carbocycles. The second-order valence-electron chi connectivity index (χ2n) is 6.40. The quantitative estimate of drug-likeness (QED) is 0.876. The maximum atomic E-state index is 12.0. The molecule has 0 saturated heterocycles. The molecular weight excluding hydrogens is 264 g/mol. The number of amides is 1. The van der Waals surface area contributed by atoms with Crippen LogP contribution < -0.4 is 5.32 Å². The number of carbonyl (C=O) groups excluding carboxylic acids is 1. The average molecular weight is 290 g/mol. The van der Waals surface area contributed by atoms with E-state index >= 15 is 0 Å². The molecule has 2 rings (SSSR count). The van der Waals surface area contributed by atoms with Gasteiger partial charge in [0.05, 0.1) is 6.54 Å². The summed E-state index contributed by atoms with van der Waals surface area (Å²) in [7, 11) is 2.00. The summed E-state index contributed by atoms with van der Waals surface area (Å²) in [4.78, 5) is 14.1. The van der Waals surface area contributed by atoms with Gasteiger partial charge in [-0.3, -0.25) is 9.69 Å². The third kappa shape index (κ3) is 4.21. The Morgan fingerprint density at radius 2 is 2.24 bits per heavy atom. The molecule has 0 aliphatic heterocycles. The number of hydrogen-bond acceptors (Lipinski definition) is 3. The summed E-state index contributed by atoms with van der Waals surface area (Å²) >= 11 is 0. The van der Waals surface area contributed by atoms with Crippen molar-refractivity contribution in [2.24, 2.45) is 5.92 Å². The predicted octanol–water partition coefficient (Wildman–Crippen LogP) is 2.47. The number of aryl methyl sites for hydroxylation is 1. The van der Waals surface area contributed by atoms with Crippen LogP contribution in [0.3, 0.4) is 0 Å². The lowest BCUT2D eigenvalue weighted by molar-refractivity contribution is -0.122. The van der Waals surface area contributed by atoms with Crippen LogP contribution in [0.1, 0.15) is 43.9 Å². The summed E-state index contributed by atoms with van der Waals surface area (Å²) in [6.07, 6.45) is 3.17. The summed E-state index contributed by atoms with van der Waals surface area (Å²) in [5.74, 6) is 0.876. The van der Waals surface area contributed by atoms with Gasteiger partial charge in [-0.2, -0.15) is 0 Å². The van der Waals surface area contributed by atoms with Gasteiger partial charge in [0, 0.05) is 12.6 Å². The Labute approximate surface area is 127 Å². The van der Waals surface area contributed by atoms with Crippen LogP contribution in [-0.4, -0.2) is 36.1 Å². The van der Waals surface area contributed by atoms with Gasteiger partial charge in [-0.15, -0.1) is 0 Å². The van der Waals surface area contributed by atoms with Crippen molar-refractivity contribution in [2.75, 3.05) is 20.1 Å². The largest absolute Gasteiger partial charge is 0.508 e. The van der Waals surface area contributed by atoms with Crippen LogP contribution in [0.4, 0.5) is 0 Å². The average Bonchev–Trinajstić information content (AvgIpc) is 2.44. The molecule has 0 spiro atoms. The van der Waals surface area contributed by atoms with Crippen LogP contribution in [0, 0.1) is 5.92 Å². The fourth-order valence-electron chi connectivity index (χ4n) is 2.94. The van der Waals surface area contributed by atoms with E-state index in [9.17, 15) is 9.90 Å². The minimum Gasteiger partial charge on any atom is -0.508 e. The molecular formula is C17H26N2O2. The second kappa shape index (κ2) is 6.94. The van der Waals surface area contributed by atoms with Crippen LogP contribution in [0.15, 0.2) is 18.2 Å². The molecule has 1 unspecified atom stereocenters. The van der Waals surface area contributed by atoms with E-state index in [0.29, 0.717) is 18.2 Å². The zero-order valence-electron chi connectivity index (χ0n) is 13.2. The van der Waals surface area contributed by atoms with Crippen molar-refractivity contribution in [3.05, 3.63) is 29.3 Å². The van der Waals surface area contributed by atoms with Crippen molar-refractivity contribution in [1.82, 2.24) is 10.2 Å². The SMILES string of the molecule is CC(C)CNC(=O)CN(C)C1CCCc2cc(O)ccc21. The molecule has 0 bridgehead atoms. The summed E-state index contributed by atoms with van der Waals surface area (Å²) in [6, 6.07) is 5.86. The topological polar surface area (TPSA) is 52.6 Å². The highest BCUT2D eigenvalue weighted by atomic mass is 16.3. The smallest absolute Gasteiger partial charge is 0.234 e. The molecule has 2 N–H and O–H groups in total. The molecule has 1 aromatic rings. The molecule has 0 aromatic heterocycles. The second-order valence-corrected chi connectivity index (χ2v) is 6.40. The Morgan fingerprint density at radius 1 is 1.48 bits per heavy atom. The molecule has 21 heavy (non-hydrogen) atoms. The number of fused-ring (bicyclic) bond motifs is 1. The fourth-order valence-corrected chi connectivity index (χ4v) is 2.94. The van der Waals surface area contributed by atoms with E-state index in [-0.39, 0.29) is 11.9 Å². The van der Waals surface area contributed by atoms with E-state index in [0.717, 1.165) is 25.8 Å². The highest BCUT2D eigenvalue weighted by Gasteiger charge is 2.25. The van der Waals surface area contributed by atoms with Gasteiger partial charge in [0.1, 0.15) is 5.75 Å². The third-order valence-electron chi connectivity index (χ3n) is 4.04. The van der Waals surface area contributed by atoms with Crippen molar-refractivity contribution < 1.29 is 9.90 Å². The summed E-state index contributed by atoms with van der Waals surface area (Å²) in [5.41, 5.74) is 2.46. The number of hydrogen-bond donors (Lipinski definition) is 2. The van der Waals surface area contributed by atoms with Crippen molar-refractivity contribution in [1.29, 1.82) is 0 Å². The van der Waals surface area contributed by atoms with E-state index in [1.807, 2.05) is 19.2 Å². The van der Waals surface area contributed by atoms with Crippen LogP contribution in [-0.2, 0) is 11.2 Å². The van der Waals surface area contributed by atoms with Gasteiger partial charge in [-0.25, -0.2) is 0 Å². The molecule has 0 saturated carbocycles. The number of nitrogens with zero attached hydrogens (tertiary/aromatic N) is 1.